The van der Waals surface area contributed by atoms with Crippen LogP contribution in [-0.2, 0) is 0 Å². The Balaban J connectivity index is 1.79. The lowest BCUT2D eigenvalue weighted by atomic mass is 10.0. The van der Waals surface area contributed by atoms with Crippen molar-refractivity contribution in [1.82, 2.24) is 0 Å². The van der Waals surface area contributed by atoms with Crippen LogP contribution in [0.2, 0.25) is 10.0 Å². The number of rotatable bonds is 4. The molecule has 0 aliphatic rings. The van der Waals surface area contributed by atoms with Crippen molar-refractivity contribution >= 4 is 35.0 Å². The first-order valence-electron chi connectivity index (χ1n) is 9.41. The van der Waals surface area contributed by atoms with E-state index in [-0.39, 0.29) is 0 Å². The van der Waals surface area contributed by atoms with Crippen molar-refractivity contribution in [2.24, 2.45) is 0 Å². The molecule has 0 unspecified atom stereocenters. The molecule has 4 aromatic carbocycles. The summed E-state index contributed by atoms with van der Waals surface area (Å²) in [6.45, 7) is 4.19. The molecule has 0 atom stereocenters. The molecule has 0 saturated heterocycles. The molecule has 0 aromatic heterocycles. The Morgan fingerprint density at radius 3 is 1.28 bits per heavy atom. The van der Waals surface area contributed by atoms with E-state index in [1.165, 1.54) is 11.1 Å². The third-order valence-corrected chi connectivity index (χ3v) is 6.45. The molecule has 0 saturated carbocycles. The molecule has 144 valence electrons. The second-order valence-corrected chi connectivity index (χ2v) is 9.07. The Hall–Kier alpha value is -2.19. The molecule has 0 nitrogen and oxygen atoms in total. The molecule has 0 bridgehead atoms. The third kappa shape index (κ3) is 4.70. The topological polar surface area (TPSA) is 0 Å². The molecule has 0 fully saturated rings. The largest absolute Gasteiger partial charge is 0.0888 e. The van der Waals surface area contributed by atoms with Crippen molar-refractivity contribution in [1.29, 1.82) is 0 Å². The van der Waals surface area contributed by atoms with Gasteiger partial charge in [-0.2, -0.15) is 0 Å². The van der Waals surface area contributed by atoms with Gasteiger partial charge < -0.3 is 0 Å². The van der Waals surface area contributed by atoms with E-state index >= 15 is 0 Å². The van der Waals surface area contributed by atoms with E-state index in [9.17, 15) is 0 Å². The number of aryl methyl sites for hydroxylation is 2. The zero-order chi connectivity index (χ0) is 20.4. The van der Waals surface area contributed by atoms with Crippen LogP contribution in [-0.4, -0.2) is 0 Å². The Bertz CT molecular complexity index is 1050. The van der Waals surface area contributed by atoms with Gasteiger partial charge in [-0.15, -0.1) is 0 Å². The van der Waals surface area contributed by atoms with Crippen LogP contribution in [0, 0.1) is 13.8 Å². The van der Waals surface area contributed by atoms with Crippen molar-refractivity contribution in [2.75, 3.05) is 0 Å². The maximum absolute atomic E-state index is 6.34. The van der Waals surface area contributed by atoms with Gasteiger partial charge in [0.1, 0.15) is 0 Å². The lowest BCUT2D eigenvalue weighted by molar-refractivity contribution is 1.38. The van der Waals surface area contributed by atoms with Crippen molar-refractivity contribution in [3.63, 3.8) is 0 Å². The SMILES string of the molecule is Cc1ccc(-c2cc(Cl)ccc2Sc2ccc(Cl)cc2-c2ccc(C)cc2)cc1. The molecule has 0 aliphatic carbocycles. The minimum absolute atomic E-state index is 0.736. The number of hydrogen-bond acceptors (Lipinski definition) is 1. The van der Waals surface area contributed by atoms with Gasteiger partial charge >= 0.3 is 0 Å². The summed E-state index contributed by atoms with van der Waals surface area (Å²) < 4.78 is 0. The summed E-state index contributed by atoms with van der Waals surface area (Å²) in [7, 11) is 0. The maximum atomic E-state index is 6.34. The van der Waals surface area contributed by atoms with Crippen LogP contribution in [0.1, 0.15) is 11.1 Å². The number of halogens is 2. The second kappa shape index (κ2) is 8.67. The zero-order valence-corrected chi connectivity index (χ0v) is 18.6. The first kappa shape index (κ1) is 20.1. The fourth-order valence-electron chi connectivity index (χ4n) is 3.22. The number of hydrogen-bond donors (Lipinski definition) is 0. The van der Waals surface area contributed by atoms with E-state index in [4.69, 9.17) is 23.2 Å². The van der Waals surface area contributed by atoms with E-state index in [2.05, 4.69) is 74.5 Å². The van der Waals surface area contributed by atoms with Gasteiger partial charge in [-0.25, -0.2) is 0 Å². The Morgan fingerprint density at radius 2 is 0.897 bits per heavy atom. The summed E-state index contributed by atoms with van der Waals surface area (Å²) in [5.41, 5.74) is 7.06. The summed E-state index contributed by atoms with van der Waals surface area (Å²) >= 11 is 14.4. The molecular weight excluding hydrogens is 415 g/mol. The lowest BCUT2D eigenvalue weighted by Gasteiger charge is -2.14. The van der Waals surface area contributed by atoms with Crippen molar-refractivity contribution in [3.8, 4) is 22.3 Å². The summed E-state index contributed by atoms with van der Waals surface area (Å²) in [5.74, 6) is 0. The molecule has 0 radical (unpaired) electrons. The van der Waals surface area contributed by atoms with Gasteiger partial charge in [0.15, 0.2) is 0 Å². The monoisotopic (exact) mass is 434 g/mol. The van der Waals surface area contributed by atoms with Gasteiger partial charge in [-0.05, 0) is 72.5 Å². The highest BCUT2D eigenvalue weighted by atomic mass is 35.5. The van der Waals surface area contributed by atoms with Crippen LogP contribution in [0.3, 0.4) is 0 Å². The van der Waals surface area contributed by atoms with Crippen LogP contribution in [0.15, 0.2) is 94.7 Å². The molecule has 4 rings (SSSR count). The van der Waals surface area contributed by atoms with Crippen LogP contribution in [0.4, 0.5) is 0 Å². The average Bonchev–Trinajstić information content (AvgIpc) is 2.72. The van der Waals surface area contributed by atoms with Crippen LogP contribution in [0.25, 0.3) is 22.3 Å². The van der Waals surface area contributed by atoms with Crippen molar-refractivity contribution in [3.05, 3.63) is 106 Å². The first-order chi connectivity index (χ1) is 14.0. The van der Waals surface area contributed by atoms with Crippen LogP contribution >= 0.6 is 35.0 Å². The highest BCUT2D eigenvalue weighted by Gasteiger charge is 2.12. The summed E-state index contributed by atoms with van der Waals surface area (Å²) in [4.78, 5) is 2.32. The maximum Gasteiger partial charge on any atom is 0.0412 e. The Kier molecular flexibility index (Phi) is 6.01. The quantitative estimate of drug-likeness (QED) is 0.308. The van der Waals surface area contributed by atoms with Crippen LogP contribution in [0.5, 0.6) is 0 Å². The van der Waals surface area contributed by atoms with Gasteiger partial charge in [0.25, 0.3) is 0 Å². The van der Waals surface area contributed by atoms with Crippen molar-refractivity contribution < 1.29 is 0 Å². The molecule has 0 amide bonds. The molecule has 0 N–H and O–H groups in total. The van der Waals surface area contributed by atoms with Gasteiger partial charge in [0.05, 0.1) is 0 Å². The Morgan fingerprint density at radius 1 is 0.517 bits per heavy atom. The highest BCUT2D eigenvalue weighted by molar-refractivity contribution is 7.99. The van der Waals surface area contributed by atoms with Gasteiger partial charge in [0, 0.05) is 19.8 Å². The zero-order valence-electron chi connectivity index (χ0n) is 16.2. The lowest BCUT2D eigenvalue weighted by Crippen LogP contribution is -1.87. The van der Waals surface area contributed by atoms with E-state index in [0.29, 0.717) is 0 Å². The van der Waals surface area contributed by atoms with Crippen molar-refractivity contribution in [2.45, 2.75) is 23.6 Å². The van der Waals surface area contributed by atoms with Gasteiger partial charge in [-0.3, -0.25) is 0 Å². The predicted molar refractivity (Wildman–Crippen MR) is 127 cm³/mol. The molecular formula is C26H20Cl2S. The molecule has 0 spiro atoms. The molecule has 3 heteroatoms. The second-order valence-electron chi connectivity index (χ2n) is 7.12. The molecule has 0 aliphatic heterocycles. The molecule has 4 aromatic rings. The third-order valence-electron chi connectivity index (χ3n) is 4.83. The molecule has 29 heavy (non-hydrogen) atoms. The summed E-state index contributed by atoms with van der Waals surface area (Å²) in [6.07, 6.45) is 0. The fourth-order valence-corrected chi connectivity index (χ4v) is 4.65. The van der Waals surface area contributed by atoms with Crippen LogP contribution < -0.4 is 0 Å². The van der Waals surface area contributed by atoms with E-state index < -0.39 is 0 Å². The summed E-state index contributed by atoms with van der Waals surface area (Å²) in [6, 6.07) is 29.3. The van der Waals surface area contributed by atoms with E-state index in [1.807, 2.05) is 24.3 Å². The van der Waals surface area contributed by atoms with E-state index in [0.717, 1.165) is 42.1 Å². The normalized spacial score (nSPS) is 10.9. The molecule has 0 heterocycles. The van der Waals surface area contributed by atoms with Gasteiger partial charge in [-0.1, -0.05) is 94.6 Å². The summed E-state index contributed by atoms with van der Waals surface area (Å²) in [5, 5.41) is 1.47. The standard InChI is InChI=1S/C26H20Cl2S/c1-17-3-7-19(8-4-17)23-15-21(27)11-13-25(23)29-26-14-12-22(28)16-24(26)20-9-5-18(2)6-10-20/h3-16H,1-2H3. The smallest absolute Gasteiger partial charge is 0.0412 e. The minimum atomic E-state index is 0.736. The first-order valence-corrected chi connectivity index (χ1v) is 11.0. The Labute approximate surface area is 186 Å². The fraction of sp³-hybridized carbons (Fsp3) is 0.0769. The van der Waals surface area contributed by atoms with E-state index in [1.54, 1.807) is 11.8 Å². The minimum Gasteiger partial charge on any atom is -0.0888 e. The van der Waals surface area contributed by atoms with Gasteiger partial charge in [0.2, 0.25) is 0 Å². The highest BCUT2D eigenvalue weighted by Crippen LogP contribution is 2.42. The number of benzene rings is 4. The average molecular weight is 435 g/mol. The predicted octanol–water partition coefficient (Wildman–Crippen LogP) is 9.10.